The molecular weight excluding hydrogens is 317 g/mol. The van der Waals surface area contributed by atoms with Crippen molar-refractivity contribution in [3.63, 3.8) is 0 Å². The summed E-state index contributed by atoms with van der Waals surface area (Å²) in [4.78, 5) is 15.5. The van der Waals surface area contributed by atoms with E-state index >= 15 is 0 Å². The van der Waals surface area contributed by atoms with E-state index in [-0.39, 0.29) is 18.4 Å². The molecule has 2 aromatic rings. The van der Waals surface area contributed by atoms with Gasteiger partial charge < -0.3 is 11.1 Å². The Morgan fingerprint density at radius 2 is 2.32 bits per heavy atom. The summed E-state index contributed by atoms with van der Waals surface area (Å²) in [5.41, 5.74) is 6.50. The molecule has 2 rings (SSSR count). The maximum absolute atomic E-state index is 13.4. The van der Waals surface area contributed by atoms with Crippen molar-refractivity contribution >= 4 is 33.5 Å². The molecule has 6 nitrogen and oxygen atoms in total. The van der Waals surface area contributed by atoms with Crippen LogP contribution in [0.1, 0.15) is 5.56 Å². The molecule has 19 heavy (non-hydrogen) atoms. The Balaban J connectivity index is 2.09. The van der Waals surface area contributed by atoms with Gasteiger partial charge in [0.25, 0.3) is 0 Å². The van der Waals surface area contributed by atoms with Crippen molar-refractivity contribution in [3.8, 4) is 0 Å². The van der Waals surface area contributed by atoms with Crippen molar-refractivity contribution in [3.05, 3.63) is 34.3 Å². The number of nitrogens with one attached hydrogen (secondary N) is 1. The number of rotatable bonds is 3. The first-order chi connectivity index (χ1) is 8.95. The van der Waals surface area contributed by atoms with E-state index in [1.165, 1.54) is 17.1 Å². The van der Waals surface area contributed by atoms with E-state index in [0.29, 0.717) is 10.2 Å². The van der Waals surface area contributed by atoms with Crippen molar-refractivity contribution in [2.24, 2.45) is 0 Å². The lowest BCUT2D eigenvalue weighted by atomic mass is 10.2. The second-order valence-electron chi connectivity index (χ2n) is 3.93. The number of halogens is 2. The van der Waals surface area contributed by atoms with Crippen molar-refractivity contribution in [2.75, 3.05) is 11.1 Å². The summed E-state index contributed by atoms with van der Waals surface area (Å²) in [6, 6.07) is 2.85. The van der Waals surface area contributed by atoms with Crippen LogP contribution in [0.4, 0.5) is 16.0 Å². The molecule has 0 saturated carbocycles. The average molecular weight is 328 g/mol. The number of hydrogen-bond acceptors (Lipinski definition) is 4. The number of nitrogen functional groups attached to an aromatic ring is 1. The van der Waals surface area contributed by atoms with E-state index in [2.05, 4.69) is 31.3 Å². The molecular formula is C11H11BrFN5O. The minimum absolute atomic E-state index is 0.0404. The van der Waals surface area contributed by atoms with Crippen LogP contribution >= 0.6 is 15.9 Å². The van der Waals surface area contributed by atoms with Crippen molar-refractivity contribution in [2.45, 2.75) is 13.5 Å². The van der Waals surface area contributed by atoms with Gasteiger partial charge in [0.05, 0.1) is 4.47 Å². The molecule has 1 aromatic heterocycles. The molecule has 0 saturated heterocycles. The fourth-order valence-corrected chi connectivity index (χ4v) is 1.96. The molecule has 8 heteroatoms. The average Bonchev–Trinajstić information content (AvgIpc) is 2.71. The van der Waals surface area contributed by atoms with Crippen LogP contribution in [-0.2, 0) is 11.3 Å². The Morgan fingerprint density at radius 3 is 2.95 bits per heavy atom. The summed E-state index contributed by atoms with van der Waals surface area (Å²) >= 11 is 3.08. The number of aryl methyl sites for hydroxylation is 1. The van der Waals surface area contributed by atoms with Crippen LogP contribution in [-0.4, -0.2) is 20.7 Å². The highest BCUT2D eigenvalue weighted by molar-refractivity contribution is 9.10. The van der Waals surface area contributed by atoms with E-state index in [9.17, 15) is 9.18 Å². The quantitative estimate of drug-likeness (QED) is 0.898. The molecule has 3 N–H and O–H groups in total. The molecule has 1 aromatic carbocycles. The van der Waals surface area contributed by atoms with Crippen LogP contribution in [0.25, 0.3) is 0 Å². The molecule has 0 aliphatic rings. The molecule has 0 radical (unpaired) electrons. The topological polar surface area (TPSA) is 85.8 Å². The number of benzene rings is 1. The predicted octanol–water partition coefficient (Wildman–Crippen LogP) is 1.71. The molecule has 0 aliphatic carbocycles. The minimum atomic E-state index is -0.439. The monoisotopic (exact) mass is 327 g/mol. The SMILES string of the molecule is Cc1cc(Br)c(F)cc1NC(=O)Cn1cnc(N)n1. The van der Waals surface area contributed by atoms with E-state index in [1.54, 1.807) is 13.0 Å². The van der Waals surface area contributed by atoms with Gasteiger partial charge in [0.15, 0.2) is 0 Å². The van der Waals surface area contributed by atoms with Crippen LogP contribution in [0.3, 0.4) is 0 Å². The highest BCUT2D eigenvalue weighted by atomic mass is 79.9. The summed E-state index contributed by atoms with van der Waals surface area (Å²) in [6.45, 7) is 1.73. The van der Waals surface area contributed by atoms with E-state index in [0.717, 1.165) is 5.56 Å². The molecule has 0 aliphatic heterocycles. The number of nitrogens with zero attached hydrogens (tertiary/aromatic N) is 3. The van der Waals surface area contributed by atoms with Crippen LogP contribution in [0.15, 0.2) is 22.9 Å². The highest BCUT2D eigenvalue weighted by Crippen LogP contribution is 2.23. The van der Waals surface area contributed by atoms with Crippen LogP contribution in [0.2, 0.25) is 0 Å². The minimum Gasteiger partial charge on any atom is -0.367 e. The number of aromatic nitrogens is 3. The zero-order chi connectivity index (χ0) is 14.0. The number of anilines is 2. The first kappa shape index (κ1) is 13.5. The molecule has 1 amide bonds. The van der Waals surface area contributed by atoms with E-state index in [1.807, 2.05) is 0 Å². The van der Waals surface area contributed by atoms with Crippen molar-refractivity contribution in [1.82, 2.24) is 14.8 Å². The van der Waals surface area contributed by atoms with Gasteiger partial charge >= 0.3 is 0 Å². The third-order valence-electron chi connectivity index (χ3n) is 2.40. The maximum atomic E-state index is 13.4. The van der Waals surface area contributed by atoms with Gasteiger partial charge in [-0.3, -0.25) is 4.79 Å². The lowest BCUT2D eigenvalue weighted by molar-refractivity contribution is -0.116. The normalized spacial score (nSPS) is 10.5. The third-order valence-corrected chi connectivity index (χ3v) is 3.01. The van der Waals surface area contributed by atoms with Crippen LogP contribution < -0.4 is 11.1 Å². The third kappa shape index (κ3) is 3.28. The van der Waals surface area contributed by atoms with E-state index < -0.39 is 5.82 Å². The summed E-state index contributed by atoms with van der Waals surface area (Å²) in [6.07, 6.45) is 1.35. The highest BCUT2D eigenvalue weighted by Gasteiger charge is 2.10. The summed E-state index contributed by atoms with van der Waals surface area (Å²) in [7, 11) is 0. The Morgan fingerprint density at radius 1 is 1.58 bits per heavy atom. The number of nitrogens with two attached hydrogens (primary N) is 1. The van der Waals surface area contributed by atoms with Gasteiger partial charge in [-0.1, -0.05) is 0 Å². The standard InChI is InChI=1S/C11H11BrFN5O/c1-6-2-7(12)8(13)3-9(6)16-10(19)4-18-5-15-11(14)17-18/h2-3,5H,4H2,1H3,(H2,14,17)(H,16,19). The van der Waals surface area contributed by atoms with Crippen LogP contribution in [0, 0.1) is 12.7 Å². The molecule has 1 heterocycles. The maximum Gasteiger partial charge on any atom is 0.246 e. The van der Waals surface area contributed by atoms with Gasteiger partial charge in [-0.25, -0.2) is 14.1 Å². The number of carbonyl (C=O) groups excluding carboxylic acids is 1. The Hall–Kier alpha value is -1.96. The van der Waals surface area contributed by atoms with Gasteiger partial charge in [0.2, 0.25) is 11.9 Å². The summed E-state index contributed by atoms with van der Waals surface area (Å²) < 4.78 is 15.1. The van der Waals surface area contributed by atoms with Crippen LogP contribution in [0.5, 0.6) is 0 Å². The fraction of sp³-hybridized carbons (Fsp3) is 0.182. The zero-order valence-electron chi connectivity index (χ0n) is 10.0. The Kier molecular flexibility index (Phi) is 3.79. The molecule has 100 valence electrons. The molecule has 0 atom stereocenters. The molecule has 0 spiro atoms. The predicted molar refractivity (Wildman–Crippen MR) is 71.9 cm³/mol. The van der Waals surface area contributed by atoms with Crippen molar-refractivity contribution in [1.29, 1.82) is 0 Å². The lowest BCUT2D eigenvalue weighted by Crippen LogP contribution is -2.19. The number of hydrogen-bond donors (Lipinski definition) is 2. The summed E-state index contributed by atoms with van der Waals surface area (Å²) in [5, 5.41) is 6.39. The largest absolute Gasteiger partial charge is 0.367 e. The Labute approximate surface area is 116 Å². The fourth-order valence-electron chi connectivity index (χ4n) is 1.50. The Bertz CT molecular complexity index is 628. The zero-order valence-corrected chi connectivity index (χ0v) is 11.6. The first-order valence-electron chi connectivity index (χ1n) is 5.36. The van der Waals surface area contributed by atoms with Gasteiger partial charge in [0, 0.05) is 5.69 Å². The van der Waals surface area contributed by atoms with Gasteiger partial charge in [0.1, 0.15) is 18.7 Å². The van der Waals surface area contributed by atoms with Gasteiger partial charge in [-0.15, -0.1) is 5.10 Å². The first-order valence-corrected chi connectivity index (χ1v) is 6.15. The second-order valence-corrected chi connectivity index (χ2v) is 4.78. The molecule has 0 fully saturated rings. The second kappa shape index (κ2) is 5.35. The molecule has 0 unspecified atom stereocenters. The van der Waals surface area contributed by atoms with Gasteiger partial charge in [-0.05, 0) is 40.5 Å². The smallest absolute Gasteiger partial charge is 0.246 e. The van der Waals surface area contributed by atoms with Gasteiger partial charge in [-0.2, -0.15) is 0 Å². The number of amides is 1. The molecule has 0 bridgehead atoms. The number of carbonyl (C=O) groups is 1. The van der Waals surface area contributed by atoms with Crippen molar-refractivity contribution < 1.29 is 9.18 Å². The summed E-state index contributed by atoms with van der Waals surface area (Å²) in [5.74, 6) is -0.681. The van der Waals surface area contributed by atoms with E-state index in [4.69, 9.17) is 5.73 Å². The lowest BCUT2D eigenvalue weighted by Gasteiger charge is -2.09.